The highest BCUT2D eigenvalue weighted by molar-refractivity contribution is 7.89. The average molecular weight is 459 g/mol. The van der Waals surface area contributed by atoms with E-state index in [0.29, 0.717) is 24.6 Å². The number of sulfonamides is 1. The highest BCUT2D eigenvalue weighted by Gasteiger charge is 2.45. The number of rotatable bonds is 6. The largest absolute Gasteiger partial charge is 0.493 e. The van der Waals surface area contributed by atoms with Crippen LogP contribution in [0.25, 0.3) is 0 Å². The van der Waals surface area contributed by atoms with Gasteiger partial charge in [-0.05, 0) is 30.5 Å². The van der Waals surface area contributed by atoms with Crippen LogP contribution in [0.3, 0.4) is 0 Å². The Morgan fingerprint density at radius 3 is 2.09 bits per heavy atom. The zero-order valence-corrected chi connectivity index (χ0v) is 19.4. The summed E-state index contributed by atoms with van der Waals surface area (Å²) >= 11 is 0. The van der Waals surface area contributed by atoms with E-state index in [2.05, 4.69) is 0 Å². The summed E-state index contributed by atoms with van der Waals surface area (Å²) in [6.45, 7) is 1.32. The lowest BCUT2D eigenvalue weighted by molar-refractivity contribution is -0.138. The van der Waals surface area contributed by atoms with Crippen molar-refractivity contribution in [1.82, 2.24) is 9.21 Å². The van der Waals surface area contributed by atoms with Gasteiger partial charge in [0.05, 0.1) is 24.5 Å². The van der Waals surface area contributed by atoms with Crippen LogP contribution < -0.4 is 9.47 Å². The molecule has 2 fully saturated rings. The molecule has 1 aliphatic heterocycles. The van der Waals surface area contributed by atoms with E-state index in [-0.39, 0.29) is 23.9 Å². The number of carbonyl (C=O) groups excluding carboxylic acids is 1. The molecule has 0 bridgehead atoms. The van der Waals surface area contributed by atoms with Crippen molar-refractivity contribution in [3.63, 3.8) is 0 Å². The minimum atomic E-state index is -3.70. The van der Waals surface area contributed by atoms with E-state index in [4.69, 9.17) is 9.47 Å². The molecule has 0 radical (unpaired) electrons. The molecule has 7 nitrogen and oxygen atoms in total. The number of amides is 1. The summed E-state index contributed by atoms with van der Waals surface area (Å²) in [7, 11) is -0.710. The Labute approximate surface area is 190 Å². The smallest absolute Gasteiger partial charge is 0.243 e. The molecule has 0 atom stereocenters. The summed E-state index contributed by atoms with van der Waals surface area (Å²) in [5.74, 6) is 0.974. The summed E-state index contributed by atoms with van der Waals surface area (Å²) in [5.41, 5.74) is 0.592. The first kappa shape index (κ1) is 22.6. The van der Waals surface area contributed by atoms with Gasteiger partial charge in [-0.2, -0.15) is 4.31 Å². The number of hydrogen-bond acceptors (Lipinski definition) is 5. The molecule has 0 spiro atoms. The second-order valence-corrected chi connectivity index (χ2v) is 10.3. The topological polar surface area (TPSA) is 76.2 Å². The van der Waals surface area contributed by atoms with Crippen LogP contribution >= 0.6 is 0 Å². The number of hydrogen-bond donors (Lipinski definition) is 0. The van der Waals surface area contributed by atoms with Gasteiger partial charge in [-0.1, -0.05) is 43.2 Å². The first-order valence-electron chi connectivity index (χ1n) is 11.0. The normalized spacial score (nSPS) is 19.0. The number of carbonyl (C=O) groups is 1. The Kier molecular flexibility index (Phi) is 6.44. The molecule has 172 valence electrons. The molecular formula is C24H30N2O5S. The number of piperazine rings is 1. The molecule has 1 saturated heterocycles. The molecule has 0 aromatic heterocycles. The summed E-state index contributed by atoms with van der Waals surface area (Å²) in [4.78, 5) is 15.6. The van der Waals surface area contributed by atoms with E-state index in [1.54, 1.807) is 6.07 Å². The highest BCUT2D eigenvalue weighted by atomic mass is 32.2. The van der Waals surface area contributed by atoms with E-state index in [1.165, 1.54) is 30.7 Å². The molecule has 1 aliphatic carbocycles. The minimum Gasteiger partial charge on any atom is -0.493 e. The Bertz CT molecular complexity index is 1060. The molecule has 2 aliphatic rings. The van der Waals surface area contributed by atoms with Gasteiger partial charge in [-0.3, -0.25) is 4.79 Å². The predicted octanol–water partition coefficient (Wildman–Crippen LogP) is 3.05. The molecule has 8 heteroatoms. The molecule has 1 amide bonds. The second kappa shape index (κ2) is 9.11. The van der Waals surface area contributed by atoms with Gasteiger partial charge in [0, 0.05) is 32.2 Å². The first-order chi connectivity index (χ1) is 15.4. The minimum absolute atomic E-state index is 0.129. The quantitative estimate of drug-likeness (QED) is 0.665. The lowest BCUT2D eigenvalue weighted by atomic mass is 9.77. The van der Waals surface area contributed by atoms with Gasteiger partial charge in [0.2, 0.25) is 15.9 Å². The standard InChI is InChI=1S/C24H30N2O5S/c1-30-21-11-10-20(18-22(21)31-2)32(28,29)26-16-14-25(15-17-26)23(27)24(12-6-7-13-24)19-8-4-3-5-9-19/h3-5,8-11,18H,6-7,12-17H2,1-2H3. The van der Waals surface area contributed by atoms with Crippen molar-refractivity contribution in [3.8, 4) is 11.5 Å². The van der Waals surface area contributed by atoms with Crippen LogP contribution in [-0.2, 0) is 20.2 Å². The van der Waals surface area contributed by atoms with Crippen molar-refractivity contribution in [2.75, 3.05) is 40.4 Å². The third kappa shape index (κ3) is 3.97. The third-order valence-corrected chi connectivity index (χ3v) is 8.61. The van der Waals surface area contributed by atoms with Crippen LogP contribution in [-0.4, -0.2) is 63.9 Å². The maximum Gasteiger partial charge on any atom is 0.243 e. The fourth-order valence-corrected chi connectivity index (χ4v) is 6.36. The maximum atomic E-state index is 13.6. The third-order valence-electron chi connectivity index (χ3n) is 6.71. The van der Waals surface area contributed by atoms with Gasteiger partial charge in [0.25, 0.3) is 0 Å². The van der Waals surface area contributed by atoms with Crippen molar-refractivity contribution < 1.29 is 22.7 Å². The SMILES string of the molecule is COc1ccc(S(=O)(=O)N2CCN(C(=O)C3(c4ccccc4)CCCC3)CC2)cc1OC. The number of ether oxygens (including phenoxy) is 2. The van der Waals surface area contributed by atoms with E-state index < -0.39 is 15.4 Å². The van der Waals surface area contributed by atoms with Gasteiger partial charge in [0.15, 0.2) is 11.5 Å². The van der Waals surface area contributed by atoms with Gasteiger partial charge in [-0.15, -0.1) is 0 Å². The van der Waals surface area contributed by atoms with Crippen molar-refractivity contribution in [2.45, 2.75) is 36.0 Å². The molecule has 2 aromatic carbocycles. The number of benzene rings is 2. The Morgan fingerprint density at radius 1 is 0.875 bits per heavy atom. The predicted molar refractivity (Wildman–Crippen MR) is 121 cm³/mol. The average Bonchev–Trinajstić information content (AvgIpc) is 3.35. The Morgan fingerprint density at radius 2 is 1.50 bits per heavy atom. The van der Waals surface area contributed by atoms with E-state index in [1.807, 2.05) is 35.2 Å². The van der Waals surface area contributed by atoms with Crippen LogP contribution in [0.4, 0.5) is 0 Å². The maximum absolute atomic E-state index is 13.6. The fourth-order valence-electron chi connectivity index (χ4n) is 4.92. The van der Waals surface area contributed by atoms with Gasteiger partial charge in [0.1, 0.15) is 0 Å². The van der Waals surface area contributed by atoms with Crippen molar-refractivity contribution >= 4 is 15.9 Å². The second-order valence-electron chi connectivity index (χ2n) is 8.37. The van der Waals surface area contributed by atoms with Crippen molar-refractivity contribution in [3.05, 3.63) is 54.1 Å². The molecule has 4 rings (SSSR count). The molecule has 1 heterocycles. The molecule has 2 aromatic rings. The lowest BCUT2D eigenvalue weighted by Gasteiger charge is -2.39. The van der Waals surface area contributed by atoms with Crippen molar-refractivity contribution in [1.29, 1.82) is 0 Å². The molecule has 1 saturated carbocycles. The Hall–Kier alpha value is -2.58. The van der Waals surface area contributed by atoms with Crippen LogP contribution in [0.15, 0.2) is 53.4 Å². The molecule has 0 N–H and O–H groups in total. The van der Waals surface area contributed by atoms with E-state index in [0.717, 1.165) is 31.2 Å². The molecule has 32 heavy (non-hydrogen) atoms. The van der Waals surface area contributed by atoms with Crippen LogP contribution in [0.5, 0.6) is 11.5 Å². The summed E-state index contributed by atoms with van der Waals surface area (Å²) in [6.07, 6.45) is 3.77. The summed E-state index contributed by atoms with van der Waals surface area (Å²) in [6, 6.07) is 14.6. The highest BCUT2D eigenvalue weighted by Crippen LogP contribution is 2.43. The lowest BCUT2D eigenvalue weighted by Crippen LogP contribution is -2.55. The number of nitrogens with zero attached hydrogens (tertiary/aromatic N) is 2. The molecular weight excluding hydrogens is 428 g/mol. The van der Waals surface area contributed by atoms with E-state index >= 15 is 0 Å². The monoisotopic (exact) mass is 458 g/mol. The van der Waals surface area contributed by atoms with Gasteiger partial charge >= 0.3 is 0 Å². The van der Waals surface area contributed by atoms with Crippen molar-refractivity contribution in [2.24, 2.45) is 0 Å². The first-order valence-corrected chi connectivity index (χ1v) is 12.4. The van der Waals surface area contributed by atoms with Crippen LogP contribution in [0, 0.1) is 0 Å². The van der Waals surface area contributed by atoms with Crippen LogP contribution in [0.1, 0.15) is 31.2 Å². The summed E-state index contributed by atoms with van der Waals surface area (Å²) in [5, 5.41) is 0. The Balaban J connectivity index is 1.50. The number of methoxy groups -OCH3 is 2. The van der Waals surface area contributed by atoms with Crippen LogP contribution in [0.2, 0.25) is 0 Å². The van der Waals surface area contributed by atoms with Gasteiger partial charge in [-0.25, -0.2) is 8.42 Å². The fraction of sp³-hybridized carbons (Fsp3) is 0.458. The zero-order chi connectivity index (χ0) is 22.8. The van der Waals surface area contributed by atoms with Gasteiger partial charge < -0.3 is 14.4 Å². The summed E-state index contributed by atoms with van der Waals surface area (Å²) < 4.78 is 38.3. The van der Waals surface area contributed by atoms with E-state index in [9.17, 15) is 13.2 Å². The molecule has 0 unspecified atom stereocenters. The zero-order valence-electron chi connectivity index (χ0n) is 18.6.